The van der Waals surface area contributed by atoms with E-state index in [-0.39, 0.29) is 17.4 Å². The van der Waals surface area contributed by atoms with Crippen molar-refractivity contribution < 1.29 is 29.0 Å². The van der Waals surface area contributed by atoms with Crippen LogP contribution in [-0.4, -0.2) is 51.5 Å². The van der Waals surface area contributed by atoms with E-state index in [9.17, 15) is 24.3 Å². The van der Waals surface area contributed by atoms with E-state index in [2.05, 4.69) is 10.6 Å². The molecule has 0 saturated heterocycles. The summed E-state index contributed by atoms with van der Waals surface area (Å²) in [6.45, 7) is 8.43. The number of nitrogens with zero attached hydrogens (tertiary/aromatic N) is 1. The maximum absolute atomic E-state index is 14.0. The highest BCUT2D eigenvalue weighted by Crippen LogP contribution is 2.40. The first-order valence-corrected chi connectivity index (χ1v) is 13.0. The first kappa shape index (κ1) is 29.8. The molecule has 0 aromatic heterocycles. The number of aryl methyl sites for hydroxylation is 2. The molecule has 2 aromatic carbocycles. The first-order valence-electron chi connectivity index (χ1n) is 12.6. The minimum absolute atomic E-state index is 0.154. The van der Waals surface area contributed by atoms with E-state index >= 15 is 0 Å². The summed E-state index contributed by atoms with van der Waals surface area (Å²) >= 11 is 6.36. The van der Waals surface area contributed by atoms with Crippen LogP contribution in [0.1, 0.15) is 62.8 Å². The zero-order valence-electron chi connectivity index (χ0n) is 22.7. The minimum atomic E-state index is -1.40. The Bertz CT molecular complexity index is 1250. The molecule has 1 saturated carbocycles. The third-order valence-electron chi connectivity index (χ3n) is 6.15. The van der Waals surface area contributed by atoms with Crippen molar-refractivity contribution in [1.82, 2.24) is 10.2 Å². The monoisotopic (exact) mass is 558 g/mol. The van der Waals surface area contributed by atoms with Crippen LogP contribution >= 0.6 is 11.6 Å². The number of nitrogens with one attached hydrogen (secondary N) is 2. The smallest absolute Gasteiger partial charge is 0.408 e. The van der Waals surface area contributed by atoms with Crippen molar-refractivity contribution in [3.05, 3.63) is 58.1 Å². The molecule has 210 valence electrons. The van der Waals surface area contributed by atoms with E-state index in [0.717, 1.165) is 0 Å². The predicted octanol–water partition coefficient (Wildman–Crippen LogP) is 4.10. The van der Waals surface area contributed by atoms with Gasteiger partial charge >= 0.3 is 6.09 Å². The molecular weight excluding hydrogens is 524 g/mol. The van der Waals surface area contributed by atoms with Gasteiger partial charge in [-0.15, -0.1) is 0 Å². The number of alkyl carbamates (subject to hydrolysis) is 1. The molecule has 2 aromatic rings. The Kier molecular flexibility index (Phi) is 9.11. The van der Waals surface area contributed by atoms with Gasteiger partial charge in [0.2, 0.25) is 11.8 Å². The number of para-hydroxylation sites is 2. The van der Waals surface area contributed by atoms with Crippen LogP contribution in [0.3, 0.4) is 0 Å². The second-order valence-corrected chi connectivity index (χ2v) is 11.1. The Hall–Kier alpha value is -3.79. The van der Waals surface area contributed by atoms with Crippen molar-refractivity contribution in [2.24, 2.45) is 5.73 Å². The summed E-state index contributed by atoms with van der Waals surface area (Å²) in [5.41, 5.74) is 6.31. The molecule has 2 unspecified atom stereocenters. The number of primary amides is 1. The molecule has 39 heavy (non-hydrogen) atoms. The Morgan fingerprint density at radius 3 is 2.28 bits per heavy atom. The van der Waals surface area contributed by atoms with Gasteiger partial charge in [-0.1, -0.05) is 41.9 Å². The van der Waals surface area contributed by atoms with Gasteiger partial charge in [-0.25, -0.2) is 4.79 Å². The highest BCUT2D eigenvalue weighted by molar-refractivity contribution is 6.34. The van der Waals surface area contributed by atoms with Crippen molar-refractivity contribution in [2.45, 2.75) is 77.6 Å². The highest BCUT2D eigenvalue weighted by Gasteiger charge is 2.45. The summed E-state index contributed by atoms with van der Waals surface area (Å²) in [4.78, 5) is 53.7. The van der Waals surface area contributed by atoms with Gasteiger partial charge in [0.05, 0.1) is 17.1 Å². The number of hydrogen-bond donors (Lipinski definition) is 4. The molecule has 3 rings (SSSR count). The number of halogens is 1. The van der Waals surface area contributed by atoms with Gasteiger partial charge in [0.15, 0.2) is 0 Å². The van der Waals surface area contributed by atoms with E-state index in [4.69, 9.17) is 22.1 Å². The summed E-state index contributed by atoms with van der Waals surface area (Å²) in [6.07, 6.45) is -0.255. The van der Waals surface area contributed by atoms with Crippen LogP contribution in [-0.2, 0) is 19.1 Å². The molecule has 1 aliphatic carbocycles. The summed E-state index contributed by atoms with van der Waals surface area (Å²) < 4.78 is 5.28. The average Bonchev–Trinajstić information content (AvgIpc) is 3.64. The molecule has 11 heteroatoms. The SMILES string of the molecule is Cc1cccc(C(C(=O)Nc2c(C)cccc2Cl)N(C(=O)C(CC(N)=O)NC(=O)OC(C)(C)C)C2CC2)c1O. The zero-order chi connectivity index (χ0) is 29.1. The number of anilines is 1. The first-order chi connectivity index (χ1) is 18.2. The normalized spacial score (nSPS) is 14.6. The van der Waals surface area contributed by atoms with Crippen molar-refractivity contribution in [3.63, 3.8) is 0 Å². The summed E-state index contributed by atoms with van der Waals surface area (Å²) in [7, 11) is 0. The molecule has 1 aliphatic rings. The van der Waals surface area contributed by atoms with Crippen LogP contribution in [0, 0.1) is 13.8 Å². The van der Waals surface area contributed by atoms with Gasteiger partial charge in [0.1, 0.15) is 23.4 Å². The maximum atomic E-state index is 14.0. The van der Waals surface area contributed by atoms with Gasteiger partial charge < -0.3 is 31.1 Å². The Morgan fingerprint density at radius 1 is 1.10 bits per heavy atom. The number of amides is 4. The number of carbonyl (C=O) groups is 4. The van der Waals surface area contributed by atoms with Crippen LogP contribution in [0.25, 0.3) is 0 Å². The van der Waals surface area contributed by atoms with E-state index < -0.39 is 47.9 Å². The third-order valence-corrected chi connectivity index (χ3v) is 6.46. The van der Waals surface area contributed by atoms with Crippen LogP contribution in [0.5, 0.6) is 5.75 Å². The number of ether oxygens (including phenoxy) is 1. The molecular formula is C28H35ClN4O6. The lowest BCUT2D eigenvalue weighted by atomic mass is 9.98. The maximum Gasteiger partial charge on any atom is 0.408 e. The summed E-state index contributed by atoms with van der Waals surface area (Å²) in [5, 5.41) is 16.5. The molecule has 0 bridgehead atoms. The lowest BCUT2D eigenvalue weighted by molar-refractivity contribution is -0.142. The summed E-state index contributed by atoms with van der Waals surface area (Å²) in [6, 6.07) is 6.96. The van der Waals surface area contributed by atoms with Gasteiger partial charge in [-0.3, -0.25) is 14.4 Å². The Balaban J connectivity index is 2.07. The standard InChI is InChI=1S/C28H35ClN4O6/c1-15-8-7-11-19(29)22(15)32-25(36)23(18-10-6-9-16(2)24(18)35)33(17-12-13-17)26(37)20(14-21(30)34)31-27(38)39-28(3,4)5/h6-11,17,20,23,35H,12-14H2,1-5H3,(H2,30,34)(H,31,38)(H,32,36). The third kappa shape index (κ3) is 7.63. The molecule has 2 atom stereocenters. The second-order valence-electron chi connectivity index (χ2n) is 10.7. The zero-order valence-corrected chi connectivity index (χ0v) is 23.5. The minimum Gasteiger partial charge on any atom is -0.507 e. The average molecular weight is 559 g/mol. The molecule has 4 amide bonds. The van der Waals surface area contributed by atoms with Crippen molar-refractivity contribution in [3.8, 4) is 5.75 Å². The number of phenols is 1. The van der Waals surface area contributed by atoms with Crippen LogP contribution in [0.2, 0.25) is 5.02 Å². The highest BCUT2D eigenvalue weighted by atomic mass is 35.5. The lowest BCUT2D eigenvalue weighted by Crippen LogP contribution is -2.54. The van der Waals surface area contributed by atoms with Crippen LogP contribution in [0.4, 0.5) is 10.5 Å². The number of aromatic hydroxyl groups is 1. The Morgan fingerprint density at radius 2 is 1.72 bits per heavy atom. The fraction of sp³-hybridized carbons (Fsp3) is 0.429. The van der Waals surface area contributed by atoms with E-state index in [1.807, 2.05) is 0 Å². The molecule has 10 nitrogen and oxygen atoms in total. The van der Waals surface area contributed by atoms with E-state index in [0.29, 0.717) is 34.7 Å². The van der Waals surface area contributed by atoms with Crippen molar-refractivity contribution in [2.75, 3.05) is 5.32 Å². The van der Waals surface area contributed by atoms with Gasteiger partial charge in [-0.05, 0) is 64.7 Å². The van der Waals surface area contributed by atoms with Crippen LogP contribution in [0.15, 0.2) is 36.4 Å². The quantitative estimate of drug-likeness (QED) is 0.364. The van der Waals surface area contributed by atoms with Crippen molar-refractivity contribution in [1.29, 1.82) is 0 Å². The largest absolute Gasteiger partial charge is 0.507 e. The van der Waals surface area contributed by atoms with E-state index in [1.54, 1.807) is 71.0 Å². The molecule has 0 spiro atoms. The van der Waals surface area contributed by atoms with Gasteiger partial charge in [0.25, 0.3) is 5.91 Å². The number of phenolic OH excluding ortho intramolecular Hbond substituents is 1. The molecule has 5 N–H and O–H groups in total. The molecule has 0 heterocycles. The summed E-state index contributed by atoms with van der Waals surface area (Å²) in [5.74, 6) is -2.31. The topological polar surface area (TPSA) is 151 Å². The fourth-order valence-corrected chi connectivity index (χ4v) is 4.47. The van der Waals surface area contributed by atoms with Crippen LogP contribution < -0.4 is 16.4 Å². The predicted molar refractivity (Wildman–Crippen MR) is 147 cm³/mol. The number of rotatable bonds is 9. The van der Waals surface area contributed by atoms with Crippen molar-refractivity contribution >= 4 is 41.1 Å². The number of benzene rings is 2. The molecule has 0 radical (unpaired) electrons. The Labute approximate surface area is 232 Å². The van der Waals surface area contributed by atoms with E-state index in [1.165, 1.54) is 4.90 Å². The van der Waals surface area contributed by atoms with Gasteiger partial charge in [0, 0.05) is 11.6 Å². The lowest BCUT2D eigenvalue weighted by Gasteiger charge is -2.35. The molecule has 1 fully saturated rings. The number of nitrogens with two attached hydrogens (primary N) is 1. The second kappa shape index (κ2) is 11.9. The molecule has 0 aliphatic heterocycles. The number of carbonyl (C=O) groups excluding carboxylic acids is 4. The number of hydrogen-bond acceptors (Lipinski definition) is 6. The van der Waals surface area contributed by atoms with Gasteiger partial charge in [-0.2, -0.15) is 0 Å². The fourth-order valence-electron chi connectivity index (χ4n) is 4.20.